The molecule has 0 aliphatic carbocycles. The molecule has 1 heterocycles. The summed E-state index contributed by atoms with van der Waals surface area (Å²) < 4.78 is 5.34. The van der Waals surface area contributed by atoms with Crippen molar-refractivity contribution in [3.05, 3.63) is 16.1 Å². The minimum Gasteiger partial charge on any atom is -0.368 e. The molecule has 9 nitrogen and oxygen atoms in total. The molecule has 1 aromatic rings. The largest absolute Gasteiger partial charge is 0.368 e. The van der Waals surface area contributed by atoms with E-state index < -0.39 is 30.1 Å². The minimum atomic E-state index is -0.852. The number of aliphatic hydroxyl groups is 1. The molecule has 5 N–H and O–H groups in total. The van der Waals surface area contributed by atoms with Gasteiger partial charge in [0.1, 0.15) is 22.5 Å². The summed E-state index contributed by atoms with van der Waals surface area (Å²) in [5, 5.41) is 15.4. The van der Waals surface area contributed by atoms with Gasteiger partial charge in [-0.25, -0.2) is 4.98 Å². The maximum absolute atomic E-state index is 12.2. The van der Waals surface area contributed by atoms with Gasteiger partial charge in [-0.2, -0.15) is 0 Å². The van der Waals surface area contributed by atoms with E-state index in [0.717, 1.165) is 37.0 Å². The molecular weight excluding hydrogens is 408 g/mol. The zero-order valence-corrected chi connectivity index (χ0v) is 18.8. The maximum Gasteiger partial charge on any atom is 0.263 e. The molecule has 2 unspecified atom stereocenters. The maximum atomic E-state index is 12.2. The van der Waals surface area contributed by atoms with Gasteiger partial charge in [0.2, 0.25) is 11.8 Å². The van der Waals surface area contributed by atoms with Gasteiger partial charge >= 0.3 is 0 Å². The molecule has 1 rings (SSSR count). The van der Waals surface area contributed by atoms with Crippen LogP contribution in [0.3, 0.4) is 0 Å². The van der Waals surface area contributed by atoms with E-state index in [2.05, 4.69) is 22.5 Å². The molecule has 2 atom stereocenters. The molecule has 0 saturated carbocycles. The number of rotatable bonds is 15. The Morgan fingerprint density at radius 2 is 1.97 bits per heavy atom. The zero-order chi connectivity index (χ0) is 22.5. The van der Waals surface area contributed by atoms with Crippen LogP contribution in [0, 0.1) is 5.92 Å². The summed E-state index contributed by atoms with van der Waals surface area (Å²) in [6.07, 6.45) is 5.30. The normalized spacial score (nSPS) is 13.1. The second-order valence-corrected chi connectivity index (χ2v) is 8.67. The molecule has 10 heteroatoms. The fraction of sp³-hybridized carbons (Fsp3) is 0.700. The van der Waals surface area contributed by atoms with E-state index >= 15 is 0 Å². The van der Waals surface area contributed by atoms with Crippen molar-refractivity contribution in [2.75, 3.05) is 6.54 Å². The van der Waals surface area contributed by atoms with Crippen LogP contribution >= 0.6 is 11.3 Å². The molecule has 0 saturated heterocycles. The van der Waals surface area contributed by atoms with Crippen molar-refractivity contribution in [3.8, 4) is 0 Å². The summed E-state index contributed by atoms with van der Waals surface area (Å²) in [5.41, 5.74) is 5.33. The molecule has 0 aliphatic rings. The molecule has 170 valence electrons. The van der Waals surface area contributed by atoms with Gasteiger partial charge < -0.3 is 26.2 Å². The molecule has 0 bridgehead atoms. The second-order valence-electron chi connectivity index (χ2n) is 7.56. The second kappa shape index (κ2) is 14.1. The Morgan fingerprint density at radius 3 is 2.60 bits per heavy atom. The molecule has 0 radical (unpaired) electrons. The van der Waals surface area contributed by atoms with Crippen LogP contribution in [-0.4, -0.2) is 46.7 Å². The average Bonchev–Trinajstić information content (AvgIpc) is 3.16. The lowest BCUT2D eigenvalue weighted by Gasteiger charge is -2.16. The highest BCUT2D eigenvalue weighted by Crippen LogP contribution is 2.15. The third-order valence-electron chi connectivity index (χ3n) is 4.35. The van der Waals surface area contributed by atoms with Gasteiger partial charge in [-0.1, -0.05) is 33.6 Å². The van der Waals surface area contributed by atoms with Crippen LogP contribution in [-0.2, 0) is 20.9 Å². The molecule has 0 spiro atoms. The number of nitrogens with two attached hydrogens (primary N) is 1. The third kappa shape index (κ3) is 10.7. The molecule has 0 aliphatic heterocycles. The SMILES string of the molecule is CCCCCC(O)OCc1ncc(C(=O)NCC(=O)NC(CCC(C)C)C(N)=O)s1. The van der Waals surface area contributed by atoms with Crippen molar-refractivity contribution in [2.24, 2.45) is 11.7 Å². The van der Waals surface area contributed by atoms with Crippen LogP contribution in [0.1, 0.15) is 74.0 Å². The van der Waals surface area contributed by atoms with Gasteiger partial charge in [-0.3, -0.25) is 14.4 Å². The first-order valence-corrected chi connectivity index (χ1v) is 11.2. The number of nitrogens with one attached hydrogen (secondary N) is 2. The summed E-state index contributed by atoms with van der Waals surface area (Å²) in [6.45, 7) is 5.96. The lowest BCUT2D eigenvalue weighted by atomic mass is 10.0. The van der Waals surface area contributed by atoms with Crippen molar-refractivity contribution in [1.29, 1.82) is 0 Å². The molecule has 30 heavy (non-hydrogen) atoms. The molecule has 3 amide bonds. The first-order chi connectivity index (χ1) is 14.2. The number of aromatic nitrogens is 1. The van der Waals surface area contributed by atoms with Gasteiger partial charge in [-0.05, 0) is 31.6 Å². The Morgan fingerprint density at radius 1 is 1.23 bits per heavy atom. The van der Waals surface area contributed by atoms with Crippen molar-refractivity contribution in [2.45, 2.75) is 78.2 Å². The number of primary amides is 1. The number of amides is 3. The lowest BCUT2D eigenvalue weighted by molar-refractivity contribution is -0.127. The number of ether oxygens (including phenoxy) is 1. The summed E-state index contributed by atoms with van der Waals surface area (Å²) >= 11 is 1.13. The number of carbonyl (C=O) groups is 3. The van der Waals surface area contributed by atoms with Crippen LogP contribution in [0.2, 0.25) is 0 Å². The fourth-order valence-electron chi connectivity index (χ4n) is 2.58. The van der Waals surface area contributed by atoms with Crippen molar-refractivity contribution in [1.82, 2.24) is 15.6 Å². The van der Waals surface area contributed by atoms with E-state index in [0.29, 0.717) is 28.6 Å². The van der Waals surface area contributed by atoms with Crippen molar-refractivity contribution in [3.63, 3.8) is 0 Å². The number of hydrogen-bond donors (Lipinski definition) is 4. The topological polar surface area (TPSA) is 144 Å². The Labute approximate surface area is 181 Å². The highest BCUT2D eigenvalue weighted by molar-refractivity contribution is 7.13. The number of nitrogens with zero attached hydrogens (tertiary/aromatic N) is 1. The Bertz CT molecular complexity index is 680. The van der Waals surface area contributed by atoms with E-state index in [1.807, 2.05) is 13.8 Å². The average molecular weight is 443 g/mol. The van der Waals surface area contributed by atoms with Gasteiger partial charge in [-0.15, -0.1) is 11.3 Å². The number of unbranched alkanes of at least 4 members (excludes halogenated alkanes) is 2. The van der Waals surface area contributed by atoms with E-state index in [1.165, 1.54) is 6.20 Å². The van der Waals surface area contributed by atoms with E-state index in [-0.39, 0.29) is 13.2 Å². The minimum absolute atomic E-state index is 0.113. The Balaban J connectivity index is 2.40. The third-order valence-corrected chi connectivity index (χ3v) is 5.32. The molecule has 1 aromatic heterocycles. The number of aliphatic hydroxyl groups excluding tert-OH is 1. The first-order valence-electron chi connectivity index (χ1n) is 10.3. The van der Waals surface area contributed by atoms with E-state index in [9.17, 15) is 19.5 Å². The zero-order valence-electron chi connectivity index (χ0n) is 18.0. The van der Waals surface area contributed by atoms with Crippen LogP contribution in [0.5, 0.6) is 0 Å². The first kappa shape index (κ1) is 26.0. The van der Waals surface area contributed by atoms with E-state index in [1.54, 1.807) is 0 Å². The van der Waals surface area contributed by atoms with Crippen LogP contribution in [0.15, 0.2) is 6.20 Å². The monoisotopic (exact) mass is 442 g/mol. The van der Waals surface area contributed by atoms with E-state index in [4.69, 9.17) is 10.5 Å². The smallest absolute Gasteiger partial charge is 0.263 e. The molecular formula is C20H34N4O5S. The highest BCUT2D eigenvalue weighted by Gasteiger charge is 2.19. The summed E-state index contributed by atoms with van der Waals surface area (Å²) in [7, 11) is 0. The predicted molar refractivity (Wildman–Crippen MR) is 115 cm³/mol. The highest BCUT2D eigenvalue weighted by atomic mass is 32.1. The van der Waals surface area contributed by atoms with Crippen molar-refractivity contribution >= 4 is 29.1 Å². The summed E-state index contributed by atoms with van der Waals surface area (Å²) in [6, 6.07) is -0.757. The molecule has 0 aromatic carbocycles. The standard InChI is InChI=1S/C20H34N4O5S/c1-4-5-6-7-18(26)29-12-17-22-10-15(30-17)20(28)23-11-16(25)24-14(19(21)27)9-8-13(2)3/h10,13-14,18,26H,4-9,11-12H2,1-3H3,(H2,21,27)(H,23,28)(H,24,25). The molecule has 0 fully saturated rings. The number of carbonyl (C=O) groups excluding carboxylic acids is 3. The lowest BCUT2D eigenvalue weighted by Crippen LogP contribution is -2.48. The fourth-order valence-corrected chi connectivity index (χ4v) is 3.34. The van der Waals surface area contributed by atoms with Crippen LogP contribution < -0.4 is 16.4 Å². The van der Waals surface area contributed by atoms with Crippen molar-refractivity contribution < 1.29 is 24.2 Å². The number of hydrogen-bond acceptors (Lipinski definition) is 7. The summed E-state index contributed by atoms with van der Waals surface area (Å²) in [4.78, 5) is 40.2. The van der Waals surface area contributed by atoms with Gasteiger partial charge in [0, 0.05) is 0 Å². The quantitative estimate of drug-likeness (QED) is 0.240. The summed E-state index contributed by atoms with van der Waals surface area (Å²) in [5.74, 6) is -1.15. The van der Waals surface area contributed by atoms with Gasteiger partial charge in [0.25, 0.3) is 5.91 Å². The van der Waals surface area contributed by atoms with Gasteiger partial charge in [0.05, 0.1) is 12.7 Å². The van der Waals surface area contributed by atoms with Crippen LogP contribution in [0.4, 0.5) is 0 Å². The Hall–Kier alpha value is -2.04. The number of thiazole rings is 1. The predicted octanol–water partition coefficient (Wildman–Crippen LogP) is 1.69. The van der Waals surface area contributed by atoms with Crippen LogP contribution in [0.25, 0.3) is 0 Å². The Kier molecular flexibility index (Phi) is 12.2. The van der Waals surface area contributed by atoms with Gasteiger partial charge in [0.15, 0.2) is 6.29 Å².